The minimum absolute atomic E-state index is 0.0467. The van der Waals surface area contributed by atoms with Gasteiger partial charge in [0.25, 0.3) is 0 Å². The second-order valence-electron chi connectivity index (χ2n) is 7.36. The smallest absolute Gasteiger partial charge is 0.322 e. The first-order valence-corrected chi connectivity index (χ1v) is 9.67. The predicted molar refractivity (Wildman–Crippen MR) is 104 cm³/mol. The molecule has 1 atom stereocenters. The molecular formula is C20H27N5O2. The zero-order valence-electron chi connectivity index (χ0n) is 15.8. The number of benzene rings is 1. The number of carbonyl (C=O) groups excluding carboxylic acids is 1. The molecule has 1 aromatic heterocycles. The Bertz CT molecular complexity index is 762. The van der Waals surface area contributed by atoms with Crippen LogP contribution in [0.4, 0.5) is 10.5 Å². The number of hydrogen-bond acceptors (Lipinski definition) is 4. The van der Waals surface area contributed by atoms with Crippen LogP contribution >= 0.6 is 0 Å². The van der Waals surface area contributed by atoms with Crippen molar-refractivity contribution in [3.8, 4) is 5.69 Å². The number of piperazine rings is 1. The number of aromatic nitrogens is 2. The number of anilines is 1. The minimum Gasteiger partial charge on any atom is -0.381 e. The fourth-order valence-electron chi connectivity index (χ4n) is 3.72. The van der Waals surface area contributed by atoms with Gasteiger partial charge in [-0.3, -0.25) is 4.90 Å². The summed E-state index contributed by atoms with van der Waals surface area (Å²) in [6.45, 7) is 8.12. The summed E-state index contributed by atoms with van der Waals surface area (Å²) < 4.78 is 7.26. The second-order valence-corrected chi connectivity index (χ2v) is 7.36. The molecule has 27 heavy (non-hydrogen) atoms. The highest BCUT2D eigenvalue weighted by molar-refractivity contribution is 5.89. The van der Waals surface area contributed by atoms with E-state index >= 15 is 0 Å². The van der Waals surface area contributed by atoms with Crippen molar-refractivity contribution in [2.45, 2.75) is 13.3 Å². The van der Waals surface area contributed by atoms with Gasteiger partial charge in [0.2, 0.25) is 0 Å². The molecule has 2 aliphatic rings. The highest BCUT2D eigenvalue weighted by atomic mass is 16.5. The van der Waals surface area contributed by atoms with Crippen LogP contribution in [-0.4, -0.2) is 71.5 Å². The largest absolute Gasteiger partial charge is 0.381 e. The lowest BCUT2D eigenvalue weighted by atomic mass is 10.1. The maximum absolute atomic E-state index is 12.7. The molecule has 2 saturated heterocycles. The Labute approximate surface area is 159 Å². The Kier molecular flexibility index (Phi) is 5.40. The minimum atomic E-state index is -0.0467. The molecular weight excluding hydrogens is 342 g/mol. The van der Waals surface area contributed by atoms with Crippen molar-refractivity contribution in [3.63, 3.8) is 0 Å². The second kappa shape index (κ2) is 8.10. The molecule has 4 rings (SSSR count). The van der Waals surface area contributed by atoms with Crippen molar-refractivity contribution in [2.24, 2.45) is 5.92 Å². The van der Waals surface area contributed by atoms with Crippen molar-refractivity contribution in [3.05, 3.63) is 42.2 Å². The monoisotopic (exact) mass is 369 g/mol. The topological polar surface area (TPSA) is 62.6 Å². The molecule has 3 heterocycles. The van der Waals surface area contributed by atoms with Crippen molar-refractivity contribution in [2.75, 3.05) is 51.3 Å². The van der Waals surface area contributed by atoms with E-state index in [4.69, 9.17) is 4.74 Å². The van der Waals surface area contributed by atoms with E-state index in [-0.39, 0.29) is 6.03 Å². The van der Waals surface area contributed by atoms with Crippen molar-refractivity contribution in [1.29, 1.82) is 0 Å². The Morgan fingerprint density at radius 3 is 2.70 bits per heavy atom. The van der Waals surface area contributed by atoms with E-state index in [1.54, 1.807) is 4.68 Å². The van der Waals surface area contributed by atoms with Crippen LogP contribution in [0.1, 0.15) is 12.1 Å². The van der Waals surface area contributed by atoms with Crippen molar-refractivity contribution in [1.82, 2.24) is 19.6 Å². The molecule has 2 aromatic rings. The van der Waals surface area contributed by atoms with E-state index in [1.165, 1.54) is 0 Å². The van der Waals surface area contributed by atoms with Gasteiger partial charge in [0.1, 0.15) is 0 Å². The summed E-state index contributed by atoms with van der Waals surface area (Å²) in [6, 6.07) is 9.86. The fraction of sp³-hybridized carbons (Fsp3) is 0.500. The van der Waals surface area contributed by atoms with Crippen LogP contribution in [0.25, 0.3) is 5.69 Å². The van der Waals surface area contributed by atoms with Crippen LogP contribution in [0, 0.1) is 12.8 Å². The van der Waals surface area contributed by atoms with Crippen LogP contribution in [0.5, 0.6) is 0 Å². The molecule has 1 unspecified atom stereocenters. The first-order chi connectivity index (χ1) is 13.2. The molecule has 7 heteroatoms. The highest BCUT2D eigenvalue weighted by Crippen LogP contribution is 2.18. The van der Waals surface area contributed by atoms with E-state index in [1.807, 2.05) is 48.4 Å². The Hall–Kier alpha value is -2.38. The number of amides is 2. The number of nitrogens with one attached hydrogen (secondary N) is 1. The van der Waals surface area contributed by atoms with Crippen LogP contribution < -0.4 is 5.32 Å². The zero-order chi connectivity index (χ0) is 18.6. The summed E-state index contributed by atoms with van der Waals surface area (Å²) in [7, 11) is 0. The molecule has 0 aliphatic carbocycles. The van der Waals surface area contributed by atoms with Gasteiger partial charge in [-0.25, -0.2) is 9.48 Å². The Morgan fingerprint density at radius 1 is 1.22 bits per heavy atom. The number of nitrogens with zero attached hydrogens (tertiary/aromatic N) is 4. The first kappa shape index (κ1) is 18.0. The van der Waals surface area contributed by atoms with Crippen LogP contribution in [0.3, 0.4) is 0 Å². The molecule has 0 spiro atoms. The van der Waals surface area contributed by atoms with E-state index in [0.717, 1.165) is 69.4 Å². The number of urea groups is 1. The van der Waals surface area contributed by atoms with Gasteiger partial charge < -0.3 is 15.0 Å². The van der Waals surface area contributed by atoms with E-state index in [2.05, 4.69) is 15.3 Å². The average molecular weight is 369 g/mol. The molecule has 0 saturated carbocycles. The van der Waals surface area contributed by atoms with Gasteiger partial charge in [-0.05, 0) is 31.4 Å². The average Bonchev–Trinajstić information content (AvgIpc) is 3.33. The predicted octanol–water partition coefficient (Wildman–Crippen LogP) is 2.37. The van der Waals surface area contributed by atoms with Gasteiger partial charge in [0.15, 0.2) is 0 Å². The number of carbonyl (C=O) groups is 1. The highest BCUT2D eigenvalue weighted by Gasteiger charge is 2.25. The van der Waals surface area contributed by atoms with E-state index in [0.29, 0.717) is 5.92 Å². The third-order valence-corrected chi connectivity index (χ3v) is 5.36. The Balaban J connectivity index is 1.31. The molecule has 2 amide bonds. The van der Waals surface area contributed by atoms with Gasteiger partial charge in [-0.15, -0.1) is 0 Å². The van der Waals surface area contributed by atoms with Gasteiger partial charge in [0.05, 0.1) is 29.9 Å². The van der Waals surface area contributed by atoms with E-state index < -0.39 is 0 Å². The maximum atomic E-state index is 12.7. The van der Waals surface area contributed by atoms with Crippen molar-refractivity contribution >= 4 is 11.7 Å². The standard InChI is InChI=1S/C20H27N5O2/c1-16-19(14-25(22-16)18-5-3-2-4-6-18)21-20(26)24-10-8-23(9-11-24)13-17-7-12-27-15-17/h2-6,14,17H,7-13,15H2,1H3,(H,21,26). The summed E-state index contributed by atoms with van der Waals surface area (Å²) in [6.07, 6.45) is 3.03. The maximum Gasteiger partial charge on any atom is 0.322 e. The van der Waals surface area contributed by atoms with Gasteiger partial charge in [0, 0.05) is 39.3 Å². The summed E-state index contributed by atoms with van der Waals surface area (Å²) in [5, 5.41) is 7.54. The van der Waals surface area contributed by atoms with Crippen molar-refractivity contribution < 1.29 is 9.53 Å². The number of rotatable bonds is 4. The third-order valence-electron chi connectivity index (χ3n) is 5.36. The summed E-state index contributed by atoms with van der Waals surface area (Å²) >= 11 is 0. The molecule has 1 N–H and O–H groups in total. The first-order valence-electron chi connectivity index (χ1n) is 9.67. The van der Waals surface area contributed by atoms with E-state index in [9.17, 15) is 4.79 Å². The number of aryl methyl sites for hydroxylation is 1. The van der Waals surface area contributed by atoms with Crippen LogP contribution in [0.15, 0.2) is 36.5 Å². The molecule has 1 aromatic carbocycles. The molecule has 0 bridgehead atoms. The molecule has 144 valence electrons. The summed E-state index contributed by atoms with van der Waals surface area (Å²) in [5.41, 5.74) is 2.55. The quantitative estimate of drug-likeness (QED) is 0.899. The normalized spacial score (nSPS) is 20.8. The fourth-order valence-corrected chi connectivity index (χ4v) is 3.72. The summed E-state index contributed by atoms with van der Waals surface area (Å²) in [4.78, 5) is 17.0. The van der Waals surface area contributed by atoms with Gasteiger partial charge >= 0.3 is 6.03 Å². The number of ether oxygens (including phenoxy) is 1. The molecule has 2 fully saturated rings. The third kappa shape index (κ3) is 4.31. The zero-order valence-corrected chi connectivity index (χ0v) is 15.8. The molecule has 0 radical (unpaired) electrons. The molecule has 2 aliphatic heterocycles. The van der Waals surface area contributed by atoms with Crippen LogP contribution in [0.2, 0.25) is 0 Å². The lowest BCUT2D eigenvalue weighted by Crippen LogP contribution is -2.51. The molecule has 7 nitrogen and oxygen atoms in total. The SMILES string of the molecule is Cc1nn(-c2ccccc2)cc1NC(=O)N1CCN(CC2CCOC2)CC1. The van der Waals surface area contributed by atoms with Gasteiger partial charge in [-0.1, -0.05) is 18.2 Å². The lowest BCUT2D eigenvalue weighted by Gasteiger charge is -2.35. The number of para-hydroxylation sites is 1. The van der Waals surface area contributed by atoms with Gasteiger partial charge in [-0.2, -0.15) is 5.10 Å². The van der Waals surface area contributed by atoms with Crippen LogP contribution in [-0.2, 0) is 4.74 Å². The lowest BCUT2D eigenvalue weighted by molar-refractivity contribution is 0.124. The Morgan fingerprint density at radius 2 is 2.00 bits per heavy atom. The number of hydrogen-bond donors (Lipinski definition) is 1. The summed E-state index contributed by atoms with van der Waals surface area (Å²) in [5.74, 6) is 0.650.